The number of benzene rings is 4. The van der Waals surface area contributed by atoms with E-state index >= 15 is 0 Å². The standard InChI is InChI=1S/C62H65F3N8O6S/c1-60(2)47-31-38(16-21-52(47)71-28-25-50-45(56(60)71)34-46-51(68-50)26-29-72-53-22-19-44(80(77,78)79)33-48(53)61(3,4)57(46)72)30-43(74)12-7-5-6-8-13-55(75)66-35-37-14-17-41(18-15-37)67-59(76)73-42-24-27-70(36-42)54-23-20-49(69-58(54)73)39-10-9-11-40(32-39)62(63,64)65/h9-11,14-23,31-34,42,50-51,68H,5-8,12-13,24-30,35-36H2,1-4H3,(H2-,66,67,75,76,77,78,79)/p+1/t42-,50?,51?/m0/s1. The maximum atomic E-state index is 13.9. The van der Waals surface area contributed by atoms with Crippen LogP contribution in [0.1, 0.15) is 113 Å². The summed E-state index contributed by atoms with van der Waals surface area (Å²) in [4.78, 5) is 51.0. The number of pyridine rings is 1. The topological polar surface area (TPSA) is 167 Å². The molecule has 7 aliphatic rings. The summed E-state index contributed by atoms with van der Waals surface area (Å²) in [6, 6.07) is 27.1. The highest BCUT2D eigenvalue weighted by atomic mass is 32.2. The molecule has 14 nitrogen and oxygen atoms in total. The molecule has 80 heavy (non-hydrogen) atoms. The van der Waals surface area contributed by atoms with Gasteiger partial charge in [0, 0.05) is 109 Å². The van der Waals surface area contributed by atoms with Gasteiger partial charge in [-0.3, -0.25) is 19.0 Å². The minimum atomic E-state index is -4.50. The summed E-state index contributed by atoms with van der Waals surface area (Å²) in [7, 11) is -4.36. The fraction of sp³-hybridized carbons (Fsp3) is 0.403. The van der Waals surface area contributed by atoms with Crippen LogP contribution in [0.5, 0.6) is 0 Å². The SMILES string of the molecule is CC1(C)C2=C3C=C4C5=[N+](CCC4NC3CCN2c2ccc(CC(=O)CCCCCCC(=O)NCc3ccc(NC(=O)N4c6nc(-c7cccc(C(F)(F)F)c7)ccc6N6CC[C@H]4C6)cc3)cc21)c1ccc(S(=O)(=O)O)cc1C5(C)C. The minimum absolute atomic E-state index is 0.0596. The minimum Gasteiger partial charge on any atom is -0.366 e. The zero-order valence-electron chi connectivity index (χ0n) is 45.4. The van der Waals surface area contributed by atoms with E-state index in [0.29, 0.717) is 61.5 Å². The fourth-order valence-electron chi connectivity index (χ4n) is 13.7. The van der Waals surface area contributed by atoms with Crippen LogP contribution in [0.4, 0.5) is 46.5 Å². The normalized spacial score (nSPS) is 21.0. The number of ketones is 1. The van der Waals surface area contributed by atoms with E-state index < -0.39 is 27.3 Å². The fourth-order valence-corrected chi connectivity index (χ4v) is 14.2. The maximum absolute atomic E-state index is 13.9. The molecule has 0 saturated carbocycles. The zero-order valence-corrected chi connectivity index (χ0v) is 46.2. The van der Waals surface area contributed by atoms with Crippen LogP contribution in [0.2, 0.25) is 0 Å². The first kappa shape index (κ1) is 53.5. The van der Waals surface area contributed by atoms with Crippen LogP contribution in [0.15, 0.2) is 125 Å². The second kappa shape index (κ2) is 20.1. The number of unbranched alkanes of at least 4 members (excludes halogenated alkanes) is 3. The van der Waals surface area contributed by atoms with Gasteiger partial charge in [0.1, 0.15) is 5.78 Å². The number of Topliss-reactive ketones (excluding diaryl/α,β-unsaturated/α-hetero) is 1. The van der Waals surface area contributed by atoms with Gasteiger partial charge in [-0.25, -0.2) is 9.78 Å². The Morgan fingerprint density at radius 2 is 1.57 bits per heavy atom. The quantitative estimate of drug-likeness (QED) is 0.0477. The van der Waals surface area contributed by atoms with Crippen molar-refractivity contribution in [2.24, 2.45) is 0 Å². The van der Waals surface area contributed by atoms with Crippen LogP contribution in [0.25, 0.3) is 11.3 Å². The second-order valence-corrected chi connectivity index (χ2v) is 25.0. The molecule has 3 atom stereocenters. The van der Waals surface area contributed by atoms with Crippen molar-refractivity contribution in [2.75, 3.05) is 46.2 Å². The van der Waals surface area contributed by atoms with Crippen molar-refractivity contribution in [3.63, 3.8) is 0 Å². The number of amides is 3. The molecule has 3 amide bonds. The molecule has 8 heterocycles. The Kier molecular flexibility index (Phi) is 13.5. The molecule has 12 rings (SSSR count). The van der Waals surface area contributed by atoms with Crippen LogP contribution in [-0.2, 0) is 49.7 Å². The van der Waals surface area contributed by atoms with Crippen molar-refractivity contribution in [2.45, 2.75) is 138 Å². The number of urea groups is 1. The number of nitrogens with zero attached hydrogens (tertiary/aromatic N) is 5. The van der Waals surface area contributed by atoms with Gasteiger partial charge in [0.2, 0.25) is 11.6 Å². The summed E-state index contributed by atoms with van der Waals surface area (Å²) in [5.41, 5.74) is 11.5. The van der Waals surface area contributed by atoms with Crippen LogP contribution >= 0.6 is 0 Å². The van der Waals surface area contributed by atoms with Crippen molar-refractivity contribution in [3.8, 4) is 11.3 Å². The predicted octanol–water partition coefficient (Wildman–Crippen LogP) is 10.9. The van der Waals surface area contributed by atoms with Gasteiger partial charge in [-0.2, -0.15) is 26.2 Å². The molecule has 1 fully saturated rings. The average molecular weight is 1110 g/mol. The Bertz CT molecular complexity index is 3610. The highest BCUT2D eigenvalue weighted by molar-refractivity contribution is 7.85. The molecule has 1 aromatic heterocycles. The molecule has 18 heteroatoms. The molecule has 4 N–H and O–H groups in total. The number of allylic oxidation sites excluding steroid dienone is 1. The summed E-state index contributed by atoms with van der Waals surface area (Å²) < 4.78 is 77.1. The largest absolute Gasteiger partial charge is 0.416 e. The third-order valence-corrected chi connectivity index (χ3v) is 18.5. The number of carbonyl (C=O) groups excluding carboxylic acids is 3. The zero-order chi connectivity index (χ0) is 56.0. The summed E-state index contributed by atoms with van der Waals surface area (Å²) in [6.45, 7) is 12.2. The highest BCUT2D eigenvalue weighted by Crippen LogP contribution is 2.54. The number of nitrogens with one attached hydrogen (secondary N) is 3. The molecule has 416 valence electrons. The van der Waals surface area contributed by atoms with Crippen LogP contribution < -0.4 is 30.7 Å². The Morgan fingerprint density at radius 3 is 2.35 bits per heavy atom. The highest BCUT2D eigenvalue weighted by Gasteiger charge is 2.54. The smallest absolute Gasteiger partial charge is 0.366 e. The first-order valence-electron chi connectivity index (χ1n) is 28.0. The second-order valence-electron chi connectivity index (χ2n) is 23.6. The lowest BCUT2D eigenvalue weighted by Crippen LogP contribution is -2.54. The number of hydrogen-bond donors (Lipinski definition) is 4. The van der Waals surface area contributed by atoms with Gasteiger partial charge in [0.05, 0.1) is 33.3 Å². The van der Waals surface area contributed by atoms with E-state index in [1.54, 1.807) is 35.2 Å². The summed E-state index contributed by atoms with van der Waals surface area (Å²) >= 11 is 0. The molecule has 2 bridgehead atoms. The third kappa shape index (κ3) is 9.69. The molecule has 5 aromatic rings. The van der Waals surface area contributed by atoms with Gasteiger partial charge < -0.3 is 25.8 Å². The van der Waals surface area contributed by atoms with Crippen LogP contribution in [0.3, 0.4) is 0 Å². The molecular formula is C62H66F3N8O6S+. The number of anilines is 4. The van der Waals surface area contributed by atoms with Crippen molar-refractivity contribution in [3.05, 3.63) is 148 Å². The molecule has 0 aliphatic carbocycles. The molecule has 7 aliphatic heterocycles. The van der Waals surface area contributed by atoms with E-state index in [9.17, 15) is 40.5 Å². The number of aromatic nitrogens is 1. The van der Waals surface area contributed by atoms with Crippen LogP contribution in [0, 0.1) is 0 Å². The molecule has 0 radical (unpaired) electrons. The van der Waals surface area contributed by atoms with E-state index in [2.05, 4.69) is 82.3 Å². The lowest BCUT2D eigenvalue weighted by Gasteiger charge is -2.43. The summed E-state index contributed by atoms with van der Waals surface area (Å²) in [5, 5.41) is 9.99. The van der Waals surface area contributed by atoms with E-state index in [-0.39, 0.29) is 46.2 Å². The number of rotatable bonds is 14. The first-order valence-corrected chi connectivity index (χ1v) is 29.4. The van der Waals surface area contributed by atoms with Gasteiger partial charge in [-0.15, -0.1) is 0 Å². The lowest BCUT2D eigenvalue weighted by molar-refractivity contribution is -0.442. The van der Waals surface area contributed by atoms with Crippen molar-refractivity contribution >= 4 is 62.1 Å². The number of alkyl halides is 3. The van der Waals surface area contributed by atoms with Gasteiger partial charge >= 0.3 is 12.2 Å². The number of carbonyl (C=O) groups is 3. The first-order chi connectivity index (χ1) is 38.1. The van der Waals surface area contributed by atoms with Crippen molar-refractivity contribution < 1.29 is 45.1 Å². The molecule has 4 aromatic carbocycles. The van der Waals surface area contributed by atoms with E-state index in [0.717, 1.165) is 98.4 Å². The van der Waals surface area contributed by atoms with E-state index in [4.69, 9.17) is 4.98 Å². The van der Waals surface area contributed by atoms with E-state index in [1.165, 1.54) is 45.9 Å². The average Bonchev–Trinajstić information content (AvgIpc) is 4.06. The Hall–Kier alpha value is -7.15. The Balaban J connectivity index is 0.607. The Morgan fingerprint density at radius 1 is 0.812 bits per heavy atom. The monoisotopic (exact) mass is 1110 g/mol. The van der Waals surface area contributed by atoms with Crippen LogP contribution in [-0.4, -0.2) is 90.3 Å². The summed E-state index contributed by atoms with van der Waals surface area (Å²) in [6.07, 6.45) is 4.89. The van der Waals surface area contributed by atoms with Gasteiger partial charge in [0.25, 0.3) is 10.1 Å². The molecule has 0 spiro atoms. The Labute approximate surface area is 464 Å². The van der Waals surface area contributed by atoms with Gasteiger partial charge in [-0.05, 0) is 122 Å². The lowest BCUT2D eigenvalue weighted by atomic mass is 9.72. The van der Waals surface area contributed by atoms with Gasteiger partial charge in [0.15, 0.2) is 18.1 Å². The number of hydrogen-bond acceptors (Lipinski definition) is 9. The number of halogens is 3. The molecular weight excluding hydrogens is 1040 g/mol. The van der Waals surface area contributed by atoms with Crippen molar-refractivity contribution in [1.29, 1.82) is 0 Å². The molecule has 1 saturated heterocycles. The maximum Gasteiger partial charge on any atom is 0.416 e. The predicted molar refractivity (Wildman–Crippen MR) is 302 cm³/mol. The third-order valence-electron chi connectivity index (χ3n) is 17.6. The van der Waals surface area contributed by atoms with Gasteiger partial charge in [-0.1, -0.05) is 63.1 Å². The van der Waals surface area contributed by atoms with E-state index in [1.807, 2.05) is 24.3 Å². The van der Waals surface area contributed by atoms with Crippen molar-refractivity contribution in [1.82, 2.24) is 15.6 Å². The molecule has 2 unspecified atom stereocenters. The number of fused-ring (bicyclic) bond motifs is 12. The summed E-state index contributed by atoms with van der Waals surface area (Å²) in [5.74, 6) is 0.544.